The van der Waals surface area contributed by atoms with Gasteiger partial charge >= 0.3 is 0 Å². The molecule has 1 saturated heterocycles. The Morgan fingerprint density at radius 2 is 2.16 bits per heavy atom. The van der Waals surface area contributed by atoms with Crippen molar-refractivity contribution in [1.82, 2.24) is 5.32 Å². The molecule has 1 aliphatic rings. The molecule has 19 heavy (non-hydrogen) atoms. The lowest BCUT2D eigenvalue weighted by Gasteiger charge is -2.21. The van der Waals surface area contributed by atoms with Crippen LogP contribution in [0.25, 0.3) is 0 Å². The van der Waals surface area contributed by atoms with E-state index in [2.05, 4.69) is 12.2 Å². The van der Waals surface area contributed by atoms with Crippen LogP contribution in [0.2, 0.25) is 0 Å². The van der Waals surface area contributed by atoms with Crippen LogP contribution >= 0.6 is 0 Å². The zero-order valence-corrected chi connectivity index (χ0v) is 11.7. The van der Waals surface area contributed by atoms with E-state index < -0.39 is 0 Å². The van der Waals surface area contributed by atoms with Gasteiger partial charge in [0.1, 0.15) is 5.82 Å². The summed E-state index contributed by atoms with van der Waals surface area (Å²) in [5.74, 6) is 0.247. The van der Waals surface area contributed by atoms with Gasteiger partial charge < -0.3 is 10.1 Å². The van der Waals surface area contributed by atoms with Crippen LogP contribution in [-0.2, 0) is 4.74 Å². The molecule has 0 bridgehead atoms. The predicted molar refractivity (Wildman–Crippen MR) is 75.9 cm³/mol. The third-order valence-electron chi connectivity index (χ3n) is 3.73. The van der Waals surface area contributed by atoms with Crippen molar-refractivity contribution in [2.24, 2.45) is 0 Å². The highest BCUT2D eigenvalue weighted by Crippen LogP contribution is 2.26. The van der Waals surface area contributed by atoms with E-state index in [1.165, 1.54) is 12.0 Å². The Labute approximate surface area is 115 Å². The summed E-state index contributed by atoms with van der Waals surface area (Å²) in [6.45, 7) is 5.03. The molecule has 0 saturated carbocycles. The number of rotatable bonds is 7. The molecule has 1 N–H and O–H groups in total. The summed E-state index contributed by atoms with van der Waals surface area (Å²) in [4.78, 5) is 0. The molecule has 106 valence electrons. The first-order valence-corrected chi connectivity index (χ1v) is 7.37. The first kappa shape index (κ1) is 14.5. The number of hydrogen-bond donors (Lipinski definition) is 1. The lowest BCUT2D eigenvalue weighted by atomic mass is 9.92. The first-order chi connectivity index (χ1) is 9.29. The zero-order valence-electron chi connectivity index (χ0n) is 11.7. The van der Waals surface area contributed by atoms with Crippen LogP contribution in [0, 0.1) is 5.82 Å². The molecule has 3 heteroatoms. The van der Waals surface area contributed by atoms with Crippen molar-refractivity contribution in [1.29, 1.82) is 0 Å². The molecule has 2 nitrogen and oxygen atoms in total. The van der Waals surface area contributed by atoms with Crippen LogP contribution in [0.5, 0.6) is 0 Å². The van der Waals surface area contributed by atoms with Crippen molar-refractivity contribution in [3.63, 3.8) is 0 Å². The van der Waals surface area contributed by atoms with Crippen molar-refractivity contribution in [3.05, 3.63) is 35.6 Å². The van der Waals surface area contributed by atoms with E-state index in [0.29, 0.717) is 12.0 Å². The van der Waals surface area contributed by atoms with Crippen LogP contribution in [0.1, 0.15) is 44.1 Å². The van der Waals surface area contributed by atoms with E-state index in [9.17, 15) is 4.39 Å². The first-order valence-electron chi connectivity index (χ1n) is 7.37. The van der Waals surface area contributed by atoms with E-state index in [1.807, 2.05) is 12.1 Å². The van der Waals surface area contributed by atoms with Crippen molar-refractivity contribution in [2.75, 3.05) is 19.7 Å². The monoisotopic (exact) mass is 265 g/mol. The van der Waals surface area contributed by atoms with Gasteiger partial charge in [-0.2, -0.15) is 0 Å². The normalized spacial score (nSPS) is 20.6. The van der Waals surface area contributed by atoms with E-state index in [4.69, 9.17) is 4.74 Å². The fourth-order valence-corrected chi connectivity index (χ4v) is 2.67. The largest absolute Gasteiger partial charge is 0.378 e. The van der Waals surface area contributed by atoms with Crippen molar-refractivity contribution >= 4 is 0 Å². The van der Waals surface area contributed by atoms with Crippen LogP contribution in [-0.4, -0.2) is 25.8 Å². The summed E-state index contributed by atoms with van der Waals surface area (Å²) in [7, 11) is 0. The third kappa shape index (κ3) is 4.59. The molecule has 0 aromatic heterocycles. The number of benzene rings is 1. The smallest absolute Gasteiger partial charge is 0.123 e. The highest BCUT2D eigenvalue weighted by atomic mass is 19.1. The lowest BCUT2D eigenvalue weighted by Crippen LogP contribution is -2.25. The van der Waals surface area contributed by atoms with Gasteiger partial charge in [0.2, 0.25) is 0 Å². The minimum atomic E-state index is -0.166. The van der Waals surface area contributed by atoms with Gasteiger partial charge in [0.25, 0.3) is 0 Å². The summed E-state index contributed by atoms with van der Waals surface area (Å²) in [6.07, 6.45) is 4.87. The summed E-state index contributed by atoms with van der Waals surface area (Å²) >= 11 is 0. The van der Waals surface area contributed by atoms with Crippen LogP contribution < -0.4 is 5.32 Å². The van der Waals surface area contributed by atoms with Crippen molar-refractivity contribution < 1.29 is 9.13 Å². The molecule has 2 atom stereocenters. The molecule has 0 aliphatic carbocycles. The minimum Gasteiger partial charge on any atom is -0.378 e. The second-order valence-corrected chi connectivity index (χ2v) is 5.32. The fourth-order valence-electron chi connectivity index (χ4n) is 2.67. The number of halogens is 1. The Balaban J connectivity index is 1.97. The van der Waals surface area contributed by atoms with E-state index in [1.54, 1.807) is 12.1 Å². The molecule has 1 fully saturated rings. The summed E-state index contributed by atoms with van der Waals surface area (Å²) in [5.41, 5.74) is 1.21. The Hall–Kier alpha value is -0.930. The maximum Gasteiger partial charge on any atom is 0.123 e. The molecule has 1 aromatic rings. The Morgan fingerprint density at radius 3 is 2.79 bits per heavy atom. The maximum atomic E-state index is 13.0. The van der Waals surface area contributed by atoms with Crippen molar-refractivity contribution in [2.45, 2.75) is 44.6 Å². The van der Waals surface area contributed by atoms with Gasteiger partial charge in [-0.15, -0.1) is 0 Å². The molecule has 2 unspecified atom stereocenters. The second kappa shape index (κ2) is 7.61. The Kier molecular flexibility index (Phi) is 5.80. The maximum absolute atomic E-state index is 13.0. The van der Waals surface area contributed by atoms with Crippen molar-refractivity contribution in [3.8, 4) is 0 Å². The average Bonchev–Trinajstić information content (AvgIpc) is 2.92. The standard InChI is InChI=1S/C16H24FNO/c1-2-9-18-12-14(11-16-4-3-10-19-16)13-5-7-15(17)8-6-13/h5-8,14,16,18H,2-4,9-12H2,1H3. The van der Waals surface area contributed by atoms with Gasteiger partial charge in [-0.1, -0.05) is 19.1 Å². The SMILES string of the molecule is CCCNCC(CC1CCCO1)c1ccc(F)cc1. The van der Waals surface area contributed by atoms with Crippen LogP contribution in [0.15, 0.2) is 24.3 Å². The van der Waals surface area contributed by atoms with Gasteiger partial charge in [-0.3, -0.25) is 0 Å². The zero-order chi connectivity index (χ0) is 13.5. The molecule has 1 aromatic carbocycles. The minimum absolute atomic E-state index is 0.166. The lowest BCUT2D eigenvalue weighted by molar-refractivity contribution is 0.0977. The van der Waals surface area contributed by atoms with E-state index in [0.717, 1.165) is 39.0 Å². The molecule has 1 heterocycles. The van der Waals surface area contributed by atoms with Gasteiger partial charge in [0, 0.05) is 13.2 Å². The second-order valence-electron chi connectivity index (χ2n) is 5.32. The average molecular weight is 265 g/mol. The number of ether oxygens (including phenoxy) is 1. The molecular formula is C16H24FNO. The molecule has 0 amide bonds. The summed E-state index contributed by atoms with van der Waals surface area (Å²) in [6, 6.07) is 6.92. The summed E-state index contributed by atoms with van der Waals surface area (Å²) in [5, 5.41) is 3.47. The van der Waals surface area contributed by atoms with Gasteiger partial charge in [0.05, 0.1) is 6.10 Å². The molecule has 1 aliphatic heterocycles. The van der Waals surface area contributed by atoms with Crippen LogP contribution in [0.3, 0.4) is 0 Å². The van der Waals surface area contributed by atoms with Gasteiger partial charge in [0.15, 0.2) is 0 Å². The number of nitrogens with one attached hydrogen (secondary N) is 1. The third-order valence-corrected chi connectivity index (χ3v) is 3.73. The predicted octanol–water partition coefficient (Wildman–Crippen LogP) is 3.48. The topological polar surface area (TPSA) is 21.3 Å². The summed E-state index contributed by atoms with van der Waals surface area (Å²) < 4.78 is 18.8. The van der Waals surface area contributed by atoms with Crippen LogP contribution in [0.4, 0.5) is 4.39 Å². The molecular weight excluding hydrogens is 241 g/mol. The highest BCUT2D eigenvalue weighted by molar-refractivity contribution is 5.21. The van der Waals surface area contributed by atoms with E-state index in [-0.39, 0.29) is 5.82 Å². The number of hydrogen-bond acceptors (Lipinski definition) is 2. The molecule has 0 spiro atoms. The molecule has 0 radical (unpaired) electrons. The highest BCUT2D eigenvalue weighted by Gasteiger charge is 2.21. The quantitative estimate of drug-likeness (QED) is 0.762. The fraction of sp³-hybridized carbons (Fsp3) is 0.625. The Morgan fingerprint density at radius 1 is 1.37 bits per heavy atom. The molecule has 2 rings (SSSR count). The van der Waals surface area contributed by atoms with E-state index >= 15 is 0 Å². The van der Waals surface area contributed by atoms with Gasteiger partial charge in [-0.25, -0.2) is 4.39 Å². The Bertz CT molecular complexity index is 360. The van der Waals surface area contributed by atoms with Gasteiger partial charge in [-0.05, 0) is 55.8 Å².